The summed E-state index contributed by atoms with van der Waals surface area (Å²) in [6.45, 7) is 4.44. The van der Waals surface area contributed by atoms with Gasteiger partial charge in [-0.1, -0.05) is 12.1 Å². The van der Waals surface area contributed by atoms with Crippen molar-refractivity contribution in [1.82, 2.24) is 5.32 Å². The zero-order chi connectivity index (χ0) is 11.7. The van der Waals surface area contributed by atoms with Gasteiger partial charge in [-0.25, -0.2) is 0 Å². The number of nitrogens with one attached hydrogen (secondary N) is 1. The van der Waals surface area contributed by atoms with Crippen molar-refractivity contribution in [2.45, 2.75) is 32.4 Å². The van der Waals surface area contributed by atoms with E-state index in [0.29, 0.717) is 19.3 Å². The second-order valence-corrected chi connectivity index (χ2v) is 4.95. The molecule has 92 valence electrons. The first-order valence-electron chi connectivity index (χ1n) is 6.45. The SMILES string of the molecule is CC(NCc1cccc2c1OCCO2)C1CC1. The molecule has 3 nitrogen and oxygen atoms in total. The minimum atomic E-state index is 0.607. The van der Waals surface area contributed by atoms with E-state index < -0.39 is 0 Å². The van der Waals surface area contributed by atoms with Gasteiger partial charge in [0.25, 0.3) is 0 Å². The van der Waals surface area contributed by atoms with Gasteiger partial charge in [0, 0.05) is 18.2 Å². The summed E-state index contributed by atoms with van der Waals surface area (Å²) in [5, 5.41) is 3.58. The number of para-hydroxylation sites is 1. The second-order valence-electron chi connectivity index (χ2n) is 4.95. The zero-order valence-corrected chi connectivity index (χ0v) is 10.2. The molecule has 0 bridgehead atoms. The predicted octanol–water partition coefficient (Wildman–Crippen LogP) is 2.35. The van der Waals surface area contributed by atoms with Gasteiger partial charge in [0.2, 0.25) is 0 Å². The molecule has 1 atom stereocenters. The topological polar surface area (TPSA) is 30.5 Å². The summed E-state index contributed by atoms with van der Waals surface area (Å²) in [6, 6.07) is 6.73. The van der Waals surface area contributed by atoms with Gasteiger partial charge in [-0.05, 0) is 31.7 Å². The molecule has 1 saturated carbocycles. The third kappa shape index (κ3) is 2.39. The molecular formula is C14H19NO2. The summed E-state index contributed by atoms with van der Waals surface area (Å²) in [5.74, 6) is 2.69. The van der Waals surface area contributed by atoms with E-state index in [-0.39, 0.29) is 0 Å². The van der Waals surface area contributed by atoms with Crippen molar-refractivity contribution in [1.29, 1.82) is 0 Å². The van der Waals surface area contributed by atoms with Crippen LogP contribution in [0.2, 0.25) is 0 Å². The molecule has 1 heterocycles. The Kier molecular flexibility index (Phi) is 2.93. The average Bonchev–Trinajstić information content (AvgIpc) is 3.20. The molecule has 1 unspecified atom stereocenters. The highest BCUT2D eigenvalue weighted by molar-refractivity contribution is 5.47. The Balaban J connectivity index is 1.69. The van der Waals surface area contributed by atoms with Crippen LogP contribution in [-0.4, -0.2) is 19.3 Å². The lowest BCUT2D eigenvalue weighted by Crippen LogP contribution is -2.28. The van der Waals surface area contributed by atoms with Gasteiger partial charge in [0.15, 0.2) is 11.5 Å². The fraction of sp³-hybridized carbons (Fsp3) is 0.571. The molecule has 0 spiro atoms. The van der Waals surface area contributed by atoms with Crippen molar-refractivity contribution >= 4 is 0 Å². The molecule has 3 heteroatoms. The first kappa shape index (κ1) is 10.9. The van der Waals surface area contributed by atoms with Crippen LogP contribution in [0.15, 0.2) is 18.2 Å². The largest absolute Gasteiger partial charge is 0.486 e. The predicted molar refractivity (Wildman–Crippen MR) is 66.5 cm³/mol. The quantitative estimate of drug-likeness (QED) is 0.866. The summed E-state index contributed by atoms with van der Waals surface area (Å²) in [5.41, 5.74) is 1.20. The molecule has 3 rings (SSSR count). The number of rotatable bonds is 4. The van der Waals surface area contributed by atoms with Crippen molar-refractivity contribution in [3.63, 3.8) is 0 Å². The molecular weight excluding hydrogens is 214 g/mol. The maximum atomic E-state index is 5.70. The Morgan fingerprint density at radius 3 is 2.94 bits per heavy atom. The Bertz CT molecular complexity index is 401. The van der Waals surface area contributed by atoms with Crippen LogP contribution in [0.4, 0.5) is 0 Å². The smallest absolute Gasteiger partial charge is 0.165 e. The van der Waals surface area contributed by atoms with Crippen molar-refractivity contribution < 1.29 is 9.47 Å². The second kappa shape index (κ2) is 4.57. The third-order valence-corrected chi connectivity index (χ3v) is 3.59. The fourth-order valence-corrected chi connectivity index (χ4v) is 2.31. The summed E-state index contributed by atoms with van der Waals surface area (Å²) in [4.78, 5) is 0. The van der Waals surface area contributed by atoms with E-state index in [1.165, 1.54) is 18.4 Å². The van der Waals surface area contributed by atoms with Crippen LogP contribution in [0, 0.1) is 5.92 Å². The van der Waals surface area contributed by atoms with Crippen LogP contribution in [0.25, 0.3) is 0 Å². The Labute approximate surface area is 102 Å². The molecule has 0 saturated heterocycles. The molecule has 0 radical (unpaired) electrons. The number of hydrogen-bond donors (Lipinski definition) is 1. The van der Waals surface area contributed by atoms with Crippen LogP contribution >= 0.6 is 0 Å². The highest BCUT2D eigenvalue weighted by Gasteiger charge is 2.27. The fourth-order valence-electron chi connectivity index (χ4n) is 2.31. The third-order valence-electron chi connectivity index (χ3n) is 3.59. The summed E-state index contributed by atoms with van der Waals surface area (Å²) >= 11 is 0. The van der Waals surface area contributed by atoms with Gasteiger partial charge in [-0.3, -0.25) is 0 Å². The average molecular weight is 233 g/mol. The van der Waals surface area contributed by atoms with Crippen molar-refractivity contribution in [3.05, 3.63) is 23.8 Å². The molecule has 0 aromatic heterocycles. The number of hydrogen-bond acceptors (Lipinski definition) is 3. The first-order chi connectivity index (χ1) is 8.34. The van der Waals surface area contributed by atoms with Gasteiger partial charge in [0.1, 0.15) is 13.2 Å². The number of fused-ring (bicyclic) bond motifs is 1. The lowest BCUT2D eigenvalue weighted by Gasteiger charge is -2.22. The van der Waals surface area contributed by atoms with Crippen LogP contribution in [-0.2, 0) is 6.54 Å². The Morgan fingerprint density at radius 2 is 2.12 bits per heavy atom. The monoisotopic (exact) mass is 233 g/mol. The van der Waals surface area contributed by atoms with Gasteiger partial charge >= 0.3 is 0 Å². The van der Waals surface area contributed by atoms with E-state index >= 15 is 0 Å². The molecule has 1 aliphatic heterocycles. The molecule has 2 aliphatic rings. The molecule has 1 aliphatic carbocycles. The molecule has 0 amide bonds. The highest BCUT2D eigenvalue weighted by Crippen LogP contribution is 2.35. The van der Waals surface area contributed by atoms with Gasteiger partial charge in [0.05, 0.1) is 0 Å². The van der Waals surface area contributed by atoms with Crippen molar-refractivity contribution in [3.8, 4) is 11.5 Å². The summed E-state index contributed by atoms with van der Waals surface area (Å²) in [6.07, 6.45) is 2.75. The van der Waals surface area contributed by atoms with Gasteiger partial charge in [-0.2, -0.15) is 0 Å². The maximum absolute atomic E-state index is 5.70. The summed E-state index contributed by atoms with van der Waals surface area (Å²) < 4.78 is 11.3. The van der Waals surface area contributed by atoms with E-state index in [1.54, 1.807) is 0 Å². The van der Waals surface area contributed by atoms with Crippen molar-refractivity contribution in [2.75, 3.05) is 13.2 Å². The summed E-state index contributed by atoms with van der Waals surface area (Å²) in [7, 11) is 0. The van der Waals surface area contributed by atoms with Crippen LogP contribution in [0.3, 0.4) is 0 Å². The Morgan fingerprint density at radius 1 is 1.29 bits per heavy atom. The normalized spacial score (nSPS) is 20.1. The van der Waals surface area contributed by atoms with E-state index in [0.717, 1.165) is 24.0 Å². The molecule has 1 fully saturated rings. The van der Waals surface area contributed by atoms with Crippen molar-refractivity contribution in [2.24, 2.45) is 5.92 Å². The van der Waals surface area contributed by atoms with Gasteiger partial charge in [-0.15, -0.1) is 0 Å². The van der Waals surface area contributed by atoms with E-state index in [9.17, 15) is 0 Å². The van der Waals surface area contributed by atoms with Crippen LogP contribution in [0.5, 0.6) is 11.5 Å². The molecule has 17 heavy (non-hydrogen) atoms. The van der Waals surface area contributed by atoms with E-state index in [4.69, 9.17) is 9.47 Å². The van der Waals surface area contributed by atoms with Crippen LogP contribution in [0.1, 0.15) is 25.3 Å². The van der Waals surface area contributed by atoms with Crippen LogP contribution < -0.4 is 14.8 Å². The lowest BCUT2D eigenvalue weighted by atomic mass is 10.1. The Hall–Kier alpha value is -1.22. The van der Waals surface area contributed by atoms with Gasteiger partial charge < -0.3 is 14.8 Å². The zero-order valence-electron chi connectivity index (χ0n) is 10.2. The molecule has 1 N–H and O–H groups in total. The standard InChI is InChI=1S/C14H19NO2/c1-10(11-5-6-11)15-9-12-3-2-4-13-14(12)17-8-7-16-13/h2-4,10-11,15H,5-9H2,1H3. The minimum absolute atomic E-state index is 0.607. The highest BCUT2D eigenvalue weighted by atomic mass is 16.6. The lowest BCUT2D eigenvalue weighted by molar-refractivity contribution is 0.169. The number of benzene rings is 1. The number of ether oxygens (including phenoxy) is 2. The van der Waals surface area contributed by atoms with E-state index in [2.05, 4.69) is 18.3 Å². The minimum Gasteiger partial charge on any atom is -0.486 e. The molecule has 1 aromatic rings. The maximum Gasteiger partial charge on any atom is 0.165 e. The first-order valence-corrected chi connectivity index (χ1v) is 6.45. The molecule has 1 aromatic carbocycles. The van der Waals surface area contributed by atoms with E-state index in [1.807, 2.05) is 12.1 Å².